The second-order valence-corrected chi connectivity index (χ2v) is 5.62. The molecule has 0 heterocycles. The van der Waals surface area contributed by atoms with E-state index in [-0.39, 0.29) is 11.2 Å². The van der Waals surface area contributed by atoms with Crippen LogP contribution in [0.1, 0.15) is 6.92 Å². The van der Waals surface area contributed by atoms with Crippen LogP contribution in [0.15, 0.2) is 21.1 Å². The van der Waals surface area contributed by atoms with Crippen LogP contribution in [-0.4, -0.2) is 18.3 Å². The summed E-state index contributed by atoms with van der Waals surface area (Å²) in [4.78, 5) is 11.5. The largest absolute Gasteiger partial charge is 0.495 e. The Balaban J connectivity index is 3.00. The van der Waals surface area contributed by atoms with Gasteiger partial charge >= 0.3 is 0 Å². The van der Waals surface area contributed by atoms with Crippen LogP contribution in [0, 0.1) is 0 Å². The summed E-state index contributed by atoms with van der Waals surface area (Å²) in [6, 6.07) is 3.56. The van der Waals surface area contributed by atoms with Gasteiger partial charge in [-0.1, -0.05) is 0 Å². The van der Waals surface area contributed by atoms with Gasteiger partial charge in [-0.15, -0.1) is 0 Å². The number of rotatable bonds is 3. The number of hydrogen-bond acceptors (Lipinski definition) is 3. The maximum absolute atomic E-state index is 11.5. The molecule has 1 rings (SSSR count). The van der Waals surface area contributed by atoms with E-state index in [1.807, 2.05) is 6.07 Å². The fourth-order valence-electron chi connectivity index (χ4n) is 1.02. The smallest absolute Gasteiger partial charge is 0.236 e. The molecule has 0 aliphatic heterocycles. The van der Waals surface area contributed by atoms with Crippen molar-refractivity contribution in [1.29, 1.82) is 0 Å². The Morgan fingerprint density at radius 1 is 1.44 bits per heavy atom. The summed E-state index contributed by atoms with van der Waals surface area (Å²) in [5.74, 6) is 0.499. The first-order chi connectivity index (χ1) is 7.45. The maximum Gasteiger partial charge on any atom is 0.236 e. The van der Waals surface area contributed by atoms with Crippen molar-refractivity contribution in [3.8, 4) is 5.75 Å². The second kappa shape index (κ2) is 5.93. The zero-order chi connectivity index (χ0) is 12.3. The summed E-state index contributed by atoms with van der Waals surface area (Å²) in [5.41, 5.74) is 0.658. The zero-order valence-corrected chi connectivity index (χ0v) is 12.8. The van der Waals surface area contributed by atoms with E-state index in [2.05, 4.69) is 49.8 Å². The molecule has 3 nitrogen and oxygen atoms in total. The van der Waals surface area contributed by atoms with Crippen molar-refractivity contribution in [3.63, 3.8) is 0 Å². The number of hydrogen-bond donors (Lipinski definition) is 2. The molecule has 16 heavy (non-hydrogen) atoms. The molecule has 1 aromatic carbocycles. The molecule has 0 aliphatic carbocycles. The zero-order valence-electron chi connectivity index (χ0n) is 8.75. The van der Waals surface area contributed by atoms with Crippen LogP contribution in [0.2, 0.25) is 0 Å². The van der Waals surface area contributed by atoms with E-state index in [4.69, 9.17) is 4.74 Å². The van der Waals surface area contributed by atoms with Crippen molar-refractivity contribution < 1.29 is 9.53 Å². The Bertz CT molecular complexity index is 410. The lowest BCUT2D eigenvalue weighted by atomic mass is 10.3. The molecule has 1 unspecified atom stereocenters. The number of anilines is 1. The summed E-state index contributed by atoms with van der Waals surface area (Å²) in [5, 5.41) is 2.39. The summed E-state index contributed by atoms with van der Waals surface area (Å²) in [7, 11) is 1.57. The highest BCUT2D eigenvalue weighted by Gasteiger charge is 2.12. The molecule has 0 spiro atoms. The molecule has 0 bridgehead atoms. The van der Waals surface area contributed by atoms with E-state index < -0.39 is 0 Å². The topological polar surface area (TPSA) is 38.3 Å². The molecule has 0 radical (unpaired) electrons. The first-order valence-corrected chi connectivity index (χ1v) is 6.58. The van der Waals surface area contributed by atoms with Crippen LogP contribution in [0.4, 0.5) is 5.69 Å². The number of carbonyl (C=O) groups is 1. The normalized spacial score (nSPS) is 12.1. The first kappa shape index (κ1) is 13.9. The number of benzene rings is 1. The number of amides is 1. The summed E-state index contributed by atoms with van der Waals surface area (Å²) < 4.78 is 6.74. The summed E-state index contributed by atoms with van der Waals surface area (Å²) >= 11 is 10.8. The lowest BCUT2D eigenvalue weighted by Gasteiger charge is -2.12. The van der Waals surface area contributed by atoms with Gasteiger partial charge in [0.1, 0.15) is 5.75 Å². The van der Waals surface area contributed by atoms with Crippen molar-refractivity contribution in [2.45, 2.75) is 12.2 Å². The van der Waals surface area contributed by atoms with Gasteiger partial charge in [-0.2, -0.15) is 12.6 Å². The fourth-order valence-corrected chi connectivity index (χ4v) is 2.34. The van der Waals surface area contributed by atoms with Gasteiger partial charge in [-0.3, -0.25) is 4.79 Å². The first-order valence-electron chi connectivity index (χ1n) is 4.47. The van der Waals surface area contributed by atoms with E-state index >= 15 is 0 Å². The van der Waals surface area contributed by atoms with Crippen molar-refractivity contribution in [2.75, 3.05) is 12.4 Å². The second-order valence-electron chi connectivity index (χ2n) is 3.13. The average molecular weight is 369 g/mol. The molecule has 6 heteroatoms. The molecule has 88 valence electrons. The van der Waals surface area contributed by atoms with Crippen LogP contribution >= 0.6 is 44.5 Å². The van der Waals surface area contributed by atoms with Crippen molar-refractivity contribution in [2.24, 2.45) is 0 Å². The predicted octanol–water partition coefficient (Wildman–Crippen LogP) is 3.48. The standard InChI is InChI=1S/C10H11Br2NO2S/c1-5(16)10(14)13-8-4-9(15-2)7(12)3-6(8)11/h3-5,16H,1-2H3,(H,13,14). The number of carbonyl (C=O) groups excluding carboxylic acids is 1. The Morgan fingerprint density at radius 3 is 2.56 bits per heavy atom. The van der Waals surface area contributed by atoms with Gasteiger partial charge < -0.3 is 10.1 Å². The SMILES string of the molecule is COc1cc(NC(=O)C(C)S)c(Br)cc1Br. The van der Waals surface area contributed by atoms with Gasteiger partial charge in [-0.05, 0) is 44.8 Å². The predicted molar refractivity (Wildman–Crippen MR) is 75.5 cm³/mol. The Hall–Kier alpha value is -0.200. The van der Waals surface area contributed by atoms with E-state index in [0.29, 0.717) is 11.4 Å². The monoisotopic (exact) mass is 367 g/mol. The van der Waals surface area contributed by atoms with Crippen molar-refractivity contribution in [3.05, 3.63) is 21.1 Å². The summed E-state index contributed by atoms with van der Waals surface area (Å²) in [6.07, 6.45) is 0. The van der Waals surface area contributed by atoms with Crippen LogP contribution in [-0.2, 0) is 4.79 Å². The summed E-state index contributed by atoms with van der Waals surface area (Å²) in [6.45, 7) is 1.71. The molecular formula is C10H11Br2NO2S. The van der Waals surface area contributed by atoms with Gasteiger partial charge in [-0.25, -0.2) is 0 Å². The third-order valence-electron chi connectivity index (χ3n) is 1.88. The molecule has 0 aromatic heterocycles. The number of thiol groups is 1. The molecular weight excluding hydrogens is 358 g/mol. The van der Waals surface area contributed by atoms with E-state index in [0.717, 1.165) is 8.95 Å². The molecule has 1 N–H and O–H groups in total. The number of ether oxygens (including phenoxy) is 1. The lowest BCUT2D eigenvalue weighted by molar-refractivity contribution is -0.115. The molecule has 1 aromatic rings. The molecule has 1 atom stereocenters. The van der Waals surface area contributed by atoms with Crippen molar-refractivity contribution in [1.82, 2.24) is 0 Å². The molecule has 1 amide bonds. The average Bonchev–Trinajstić information content (AvgIpc) is 2.21. The highest BCUT2D eigenvalue weighted by Crippen LogP contribution is 2.34. The van der Waals surface area contributed by atoms with Gasteiger partial charge in [0.2, 0.25) is 5.91 Å². The van der Waals surface area contributed by atoms with Crippen LogP contribution in [0.25, 0.3) is 0 Å². The van der Waals surface area contributed by atoms with E-state index in [1.165, 1.54) is 0 Å². The quantitative estimate of drug-likeness (QED) is 0.801. The minimum atomic E-state index is -0.360. The molecule has 0 saturated carbocycles. The van der Waals surface area contributed by atoms with Crippen LogP contribution in [0.3, 0.4) is 0 Å². The van der Waals surface area contributed by atoms with Gasteiger partial charge in [0.15, 0.2) is 0 Å². The minimum Gasteiger partial charge on any atom is -0.495 e. The molecule has 0 fully saturated rings. The minimum absolute atomic E-state index is 0.159. The number of methoxy groups -OCH3 is 1. The van der Waals surface area contributed by atoms with E-state index in [1.54, 1.807) is 20.1 Å². The highest BCUT2D eigenvalue weighted by molar-refractivity contribution is 9.11. The number of nitrogens with one attached hydrogen (secondary N) is 1. The third kappa shape index (κ3) is 3.40. The Kier molecular flexibility index (Phi) is 5.14. The maximum atomic E-state index is 11.5. The lowest BCUT2D eigenvalue weighted by Crippen LogP contribution is -2.20. The van der Waals surface area contributed by atoms with Gasteiger partial charge in [0.05, 0.1) is 22.5 Å². The highest BCUT2D eigenvalue weighted by atomic mass is 79.9. The van der Waals surface area contributed by atoms with Gasteiger partial charge in [0.25, 0.3) is 0 Å². The molecule has 0 saturated heterocycles. The van der Waals surface area contributed by atoms with Crippen LogP contribution < -0.4 is 10.1 Å². The van der Waals surface area contributed by atoms with Crippen LogP contribution in [0.5, 0.6) is 5.75 Å². The Labute approximate surface area is 117 Å². The molecule has 0 aliphatic rings. The van der Waals surface area contributed by atoms with Gasteiger partial charge in [0, 0.05) is 10.5 Å². The van der Waals surface area contributed by atoms with E-state index in [9.17, 15) is 4.79 Å². The number of halogens is 2. The fraction of sp³-hybridized carbons (Fsp3) is 0.300. The van der Waals surface area contributed by atoms with Crippen molar-refractivity contribution >= 4 is 56.1 Å². The third-order valence-corrected chi connectivity index (χ3v) is 3.39. The Morgan fingerprint density at radius 2 is 2.06 bits per heavy atom.